The lowest BCUT2D eigenvalue weighted by atomic mass is 9.95. The maximum Gasteiger partial charge on any atom is 0.246 e. The summed E-state index contributed by atoms with van der Waals surface area (Å²) < 4.78 is 2.44. The number of rotatable bonds is 7. The van der Waals surface area contributed by atoms with Crippen molar-refractivity contribution in [1.82, 2.24) is 14.4 Å². The van der Waals surface area contributed by atoms with Gasteiger partial charge in [-0.3, -0.25) is 9.59 Å². The van der Waals surface area contributed by atoms with Gasteiger partial charge in [-0.15, -0.1) is 0 Å². The predicted molar refractivity (Wildman–Crippen MR) is 111 cm³/mol. The SMILES string of the molecule is CCN(CC)C(=O)CN(C)C(=O)/C=C/c1cc(C)n(C2CCCCC2)c1C. The number of likely N-dealkylation sites (N-methyl/N-ethyl adjacent to an activating group) is 2. The van der Waals surface area contributed by atoms with Crippen molar-refractivity contribution in [3.8, 4) is 0 Å². The minimum atomic E-state index is -0.141. The first-order valence-corrected chi connectivity index (χ1v) is 10.3. The van der Waals surface area contributed by atoms with Crippen molar-refractivity contribution in [3.05, 3.63) is 29.1 Å². The normalized spacial score (nSPS) is 15.3. The molecule has 5 heteroatoms. The Labute approximate surface area is 164 Å². The van der Waals surface area contributed by atoms with Gasteiger partial charge in [-0.05, 0) is 58.2 Å². The summed E-state index contributed by atoms with van der Waals surface area (Å²) in [6, 6.07) is 2.75. The van der Waals surface area contributed by atoms with Gasteiger partial charge in [0, 0.05) is 43.6 Å². The van der Waals surface area contributed by atoms with E-state index in [1.807, 2.05) is 19.9 Å². The van der Waals surface area contributed by atoms with E-state index in [1.54, 1.807) is 18.0 Å². The second-order valence-corrected chi connectivity index (χ2v) is 7.58. The summed E-state index contributed by atoms with van der Waals surface area (Å²) in [4.78, 5) is 27.8. The molecule has 0 aliphatic heterocycles. The van der Waals surface area contributed by atoms with Crippen molar-refractivity contribution < 1.29 is 9.59 Å². The van der Waals surface area contributed by atoms with Gasteiger partial charge in [-0.25, -0.2) is 0 Å². The van der Waals surface area contributed by atoms with Crippen LogP contribution < -0.4 is 0 Å². The minimum Gasteiger partial charge on any atom is -0.346 e. The van der Waals surface area contributed by atoms with Crippen LogP contribution in [-0.2, 0) is 9.59 Å². The van der Waals surface area contributed by atoms with Gasteiger partial charge in [-0.1, -0.05) is 19.3 Å². The lowest BCUT2D eigenvalue weighted by molar-refractivity contribution is -0.136. The Morgan fingerprint density at radius 1 is 1.15 bits per heavy atom. The lowest BCUT2D eigenvalue weighted by Crippen LogP contribution is -2.40. The van der Waals surface area contributed by atoms with Gasteiger partial charge in [0.1, 0.15) is 0 Å². The van der Waals surface area contributed by atoms with Crippen LogP contribution in [0.5, 0.6) is 0 Å². The molecule has 150 valence electrons. The number of hydrogen-bond acceptors (Lipinski definition) is 2. The average molecular weight is 374 g/mol. The Hall–Kier alpha value is -2.04. The van der Waals surface area contributed by atoms with Crippen LogP contribution in [-0.4, -0.2) is 52.9 Å². The van der Waals surface area contributed by atoms with Crippen LogP contribution >= 0.6 is 0 Å². The highest BCUT2D eigenvalue weighted by atomic mass is 16.2. The molecular formula is C22H35N3O2. The molecule has 2 amide bonds. The zero-order valence-corrected chi connectivity index (χ0v) is 17.6. The van der Waals surface area contributed by atoms with Crippen LogP contribution in [0.15, 0.2) is 12.1 Å². The first-order chi connectivity index (χ1) is 12.9. The van der Waals surface area contributed by atoms with Crippen LogP contribution in [0.3, 0.4) is 0 Å². The standard InChI is InChI=1S/C22H35N3O2/c1-6-24(7-2)22(27)16-23(5)21(26)14-13-19-15-17(3)25(18(19)4)20-11-9-8-10-12-20/h13-15,20H,6-12,16H2,1-5H3/b14-13+. The average Bonchev–Trinajstić information content (AvgIpc) is 2.94. The highest BCUT2D eigenvalue weighted by molar-refractivity contribution is 5.94. The number of hydrogen-bond donors (Lipinski definition) is 0. The Morgan fingerprint density at radius 3 is 2.37 bits per heavy atom. The molecule has 1 fully saturated rings. The summed E-state index contributed by atoms with van der Waals surface area (Å²) in [5, 5.41) is 0. The molecule has 1 aromatic rings. The van der Waals surface area contributed by atoms with Crippen molar-refractivity contribution in [2.75, 3.05) is 26.7 Å². The quantitative estimate of drug-likeness (QED) is 0.679. The summed E-state index contributed by atoms with van der Waals surface area (Å²) >= 11 is 0. The van der Waals surface area contributed by atoms with Crippen molar-refractivity contribution in [2.24, 2.45) is 0 Å². The lowest BCUT2D eigenvalue weighted by Gasteiger charge is -2.26. The Balaban J connectivity index is 2.04. The molecule has 0 aromatic carbocycles. The van der Waals surface area contributed by atoms with Crippen LogP contribution in [0, 0.1) is 13.8 Å². The maximum atomic E-state index is 12.4. The number of aromatic nitrogens is 1. The second-order valence-electron chi connectivity index (χ2n) is 7.58. The van der Waals surface area contributed by atoms with Gasteiger partial charge in [0.15, 0.2) is 0 Å². The summed E-state index contributed by atoms with van der Waals surface area (Å²) in [6.45, 7) is 9.64. The number of carbonyl (C=O) groups excluding carboxylic acids is 2. The van der Waals surface area contributed by atoms with Crippen LogP contribution in [0.4, 0.5) is 0 Å². The summed E-state index contributed by atoms with van der Waals surface area (Å²) in [7, 11) is 1.68. The fraction of sp³-hybridized carbons (Fsp3) is 0.636. The zero-order valence-electron chi connectivity index (χ0n) is 17.6. The van der Waals surface area contributed by atoms with Gasteiger partial charge in [-0.2, -0.15) is 0 Å². The second kappa shape index (κ2) is 9.77. The number of nitrogens with zero attached hydrogens (tertiary/aromatic N) is 3. The van der Waals surface area contributed by atoms with Crippen molar-refractivity contribution in [1.29, 1.82) is 0 Å². The Kier molecular flexibility index (Phi) is 7.69. The summed E-state index contributed by atoms with van der Waals surface area (Å²) in [6.07, 6.45) is 9.91. The molecule has 5 nitrogen and oxygen atoms in total. The highest BCUT2D eigenvalue weighted by Crippen LogP contribution is 2.32. The molecule has 1 aliphatic carbocycles. The molecule has 0 N–H and O–H groups in total. The van der Waals surface area contributed by atoms with Gasteiger partial charge in [0.2, 0.25) is 11.8 Å². The Bertz CT molecular complexity index is 680. The number of aryl methyl sites for hydroxylation is 1. The van der Waals surface area contributed by atoms with E-state index in [1.165, 1.54) is 48.4 Å². The van der Waals surface area contributed by atoms with Crippen LogP contribution in [0.2, 0.25) is 0 Å². The van der Waals surface area contributed by atoms with E-state index in [0.29, 0.717) is 19.1 Å². The molecule has 27 heavy (non-hydrogen) atoms. The molecule has 2 rings (SSSR count). The predicted octanol–water partition coefficient (Wildman–Crippen LogP) is 3.95. The number of carbonyl (C=O) groups is 2. The molecule has 0 bridgehead atoms. The first kappa shape index (κ1) is 21.3. The van der Waals surface area contributed by atoms with Crippen LogP contribution in [0.25, 0.3) is 6.08 Å². The monoisotopic (exact) mass is 373 g/mol. The largest absolute Gasteiger partial charge is 0.346 e. The molecule has 0 spiro atoms. The smallest absolute Gasteiger partial charge is 0.246 e. The van der Waals surface area contributed by atoms with Gasteiger partial charge < -0.3 is 14.4 Å². The molecule has 0 saturated heterocycles. The van der Waals surface area contributed by atoms with Crippen LogP contribution in [0.1, 0.15) is 68.9 Å². The third kappa shape index (κ3) is 5.24. The molecule has 0 radical (unpaired) electrons. The number of amides is 2. The highest BCUT2D eigenvalue weighted by Gasteiger charge is 2.20. The molecule has 1 aliphatic rings. The molecule has 1 heterocycles. The van der Waals surface area contributed by atoms with Gasteiger partial charge >= 0.3 is 0 Å². The third-order valence-electron chi connectivity index (χ3n) is 5.73. The summed E-state index contributed by atoms with van der Waals surface area (Å²) in [5.74, 6) is -0.155. The minimum absolute atomic E-state index is 0.0141. The first-order valence-electron chi connectivity index (χ1n) is 10.3. The van der Waals surface area contributed by atoms with E-state index in [2.05, 4.69) is 24.5 Å². The third-order valence-corrected chi connectivity index (χ3v) is 5.73. The van der Waals surface area contributed by atoms with Crippen molar-refractivity contribution in [2.45, 2.75) is 65.8 Å². The molecule has 1 saturated carbocycles. The van der Waals surface area contributed by atoms with E-state index in [-0.39, 0.29) is 18.4 Å². The fourth-order valence-corrected chi connectivity index (χ4v) is 4.12. The molecule has 1 aromatic heterocycles. The fourth-order valence-electron chi connectivity index (χ4n) is 4.12. The molecule has 0 unspecified atom stereocenters. The molecular weight excluding hydrogens is 338 g/mol. The molecule has 0 atom stereocenters. The van der Waals surface area contributed by atoms with Crippen molar-refractivity contribution >= 4 is 17.9 Å². The summed E-state index contributed by atoms with van der Waals surface area (Å²) in [5.41, 5.74) is 3.58. The van der Waals surface area contributed by atoms with E-state index in [0.717, 1.165) is 5.56 Å². The van der Waals surface area contributed by atoms with Gasteiger partial charge in [0.05, 0.1) is 6.54 Å². The Morgan fingerprint density at radius 2 is 1.78 bits per heavy atom. The van der Waals surface area contributed by atoms with E-state index < -0.39 is 0 Å². The maximum absolute atomic E-state index is 12.4. The van der Waals surface area contributed by atoms with E-state index in [9.17, 15) is 9.59 Å². The van der Waals surface area contributed by atoms with E-state index >= 15 is 0 Å². The van der Waals surface area contributed by atoms with E-state index in [4.69, 9.17) is 0 Å². The van der Waals surface area contributed by atoms with Gasteiger partial charge in [0.25, 0.3) is 0 Å². The topological polar surface area (TPSA) is 45.6 Å². The zero-order chi connectivity index (χ0) is 20.0. The van der Waals surface area contributed by atoms with Crippen molar-refractivity contribution in [3.63, 3.8) is 0 Å².